The quantitative estimate of drug-likeness (QED) is 0.517. The van der Waals surface area contributed by atoms with Crippen LogP contribution in [0.4, 0.5) is 0 Å². The Kier molecular flexibility index (Phi) is 10.5. The number of rotatable bonds is 9. The maximum Gasteiger partial charge on any atom is 0.328 e. The van der Waals surface area contributed by atoms with Crippen molar-refractivity contribution >= 4 is 35.2 Å². The summed E-state index contributed by atoms with van der Waals surface area (Å²) >= 11 is 7.13. The predicted molar refractivity (Wildman–Crippen MR) is 71.5 cm³/mol. The van der Waals surface area contributed by atoms with Crippen molar-refractivity contribution < 1.29 is 14.3 Å². The number of ether oxygens (including phenoxy) is 1. The lowest BCUT2D eigenvalue weighted by Crippen LogP contribution is -2.42. The normalized spacial score (nSPS) is 11.9. The third-order valence-electron chi connectivity index (χ3n) is 2.05. The number of amides is 1. The molecule has 0 rings (SSSR count). The molecular weight excluding hydrogens is 262 g/mol. The molecule has 0 aliphatic carbocycles. The summed E-state index contributed by atoms with van der Waals surface area (Å²) in [6.45, 7) is 2.07. The monoisotopic (exact) mass is 281 g/mol. The fourth-order valence-electron chi connectivity index (χ4n) is 1.22. The standard InChI is InChI=1S/C11H20ClNO3S/c1-3-16-11(15)9(6-8-17-2)13-10(14)5-4-7-12/h9H,3-8H2,1-2H3,(H,13,14). The van der Waals surface area contributed by atoms with E-state index in [9.17, 15) is 9.59 Å². The molecule has 17 heavy (non-hydrogen) atoms. The number of hydrogen-bond acceptors (Lipinski definition) is 4. The van der Waals surface area contributed by atoms with Crippen LogP contribution in [0, 0.1) is 0 Å². The molecule has 0 saturated carbocycles. The molecule has 6 heteroatoms. The highest BCUT2D eigenvalue weighted by Crippen LogP contribution is 2.04. The molecule has 1 N–H and O–H groups in total. The molecule has 4 nitrogen and oxygen atoms in total. The number of alkyl halides is 1. The van der Waals surface area contributed by atoms with E-state index in [-0.39, 0.29) is 11.9 Å². The highest BCUT2D eigenvalue weighted by Gasteiger charge is 2.21. The largest absolute Gasteiger partial charge is 0.464 e. The van der Waals surface area contributed by atoms with Gasteiger partial charge in [0, 0.05) is 12.3 Å². The molecule has 0 heterocycles. The van der Waals surface area contributed by atoms with Gasteiger partial charge in [0.2, 0.25) is 5.91 Å². The number of halogens is 1. The second-order valence-electron chi connectivity index (χ2n) is 3.45. The lowest BCUT2D eigenvalue weighted by Gasteiger charge is -2.16. The minimum Gasteiger partial charge on any atom is -0.464 e. The van der Waals surface area contributed by atoms with Crippen molar-refractivity contribution in [1.29, 1.82) is 0 Å². The summed E-state index contributed by atoms with van der Waals surface area (Å²) in [7, 11) is 0. The summed E-state index contributed by atoms with van der Waals surface area (Å²) in [5.74, 6) is 0.743. The fourth-order valence-corrected chi connectivity index (χ4v) is 1.83. The van der Waals surface area contributed by atoms with Gasteiger partial charge in [0.1, 0.15) is 6.04 Å². The molecule has 0 fully saturated rings. The summed E-state index contributed by atoms with van der Waals surface area (Å²) in [4.78, 5) is 23.1. The molecule has 0 saturated heterocycles. The summed E-state index contributed by atoms with van der Waals surface area (Å²) < 4.78 is 4.92. The number of carbonyl (C=O) groups excluding carboxylic acids is 2. The molecule has 1 amide bonds. The van der Waals surface area contributed by atoms with Crippen LogP contribution in [-0.4, -0.2) is 42.4 Å². The second kappa shape index (κ2) is 10.7. The molecule has 1 atom stereocenters. The number of carbonyl (C=O) groups is 2. The van der Waals surface area contributed by atoms with Crippen molar-refractivity contribution in [2.75, 3.05) is 24.5 Å². The number of esters is 1. The van der Waals surface area contributed by atoms with Crippen molar-refractivity contribution in [3.8, 4) is 0 Å². The van der Waals surface area contributed by atoms with E-state index in [0.717, 1.165) is 5.75 Å². The van der Waals surface area contributed by atoms with E-state index in [1.807, 2.05) is 6.26 Å². The SMILES string of the molecule is CCOC(=O)C(CCSC)NC(=O)CCCCl. The lowest BCUT2D eigenvalue weighted by molar-refractivity contribution is -0.147. The van der Waals surface area contributed by atoms with Crippen LogP contribution in [0.3, 0.4) is 0 Å². The van der Waals surface area contributed by atoms with Gasteiger partial charge in [-0.25, -0.2) is 4.79 Å². The number of thioether (sulfide) groups is 1. The Bertz CT molecular complexity index is 239. The van der Waals surface area contributed by atoms with Gasteiger partial charge in [0.05, 0.1) is 6.61 Å². The highest BCUT2D eigenvalue weighted by atomic mass is 35.5. The first-order valence-electron chi connectivity index (χ1n) is 5.66. The van der Waals surface area contributed by atoms with Crippen molar-refractivity contribution in [3.05, 3.63) is 0 Å². The third-order valence-corrected chi connectivity index (χ3v) is 2.97. The average molecular weight is 282 g/mol. The Morgan fingerprint density at radius 2 is 2.18 bits per heavy atom. The minimum absolute atomic E-state index is 0.148. The first kappa shape index (κ1) is 16.6. The van der Waals surface area contributed by atoms with Crippen LogP contribution in [-0.2, 0) is 14.3 Å². The van der Waals surface area contributed by atoms with E-state index in [4.69, 9.17) is 16.3 Å². The van der Waals surface area contributed by atoms with E-state index in [1.165, 1.54) is 0 Å². The van der Waals surface area contributed by atoms with Crippen LogP contribution in [0.25, 0.3) is 0 Å². The number of nitrogens with one attached hydrogen (secondary N) is 1. The van der Waals surface area contributed by atoms with Crippen molar-refractivity contribution in [2.24, 2.45) is 0 Å². The molecule has 1 unspecified atom stereocenters. The van der Waals surface area contributed by atoms with Crippen LogP contribution in [0.1, 0.15) is 26.2 Å². The van der Waals surface area contributed by atoms with Gasteiger partial charge >= 0.3 is 5.97 Å². The van der Waals surface area contributed by atoms with Gasteiger partial charge in [-0.1, -0.05) is 0 Å². The summed E-state index contributed by atoms with van der Waals surface area (Å²) in [6.07, 6.45) is 3.51. The zero-order chi connectivity index (χ0) is 13.1. The van der Waals surface area contributed by atoms with Gasteiger partial charge in [-0.2, -0.15) is 11.8 Å². The molecule has 0 bridgehead atoms. The van der Waals surface area contributed by atoms with Crippen LogP contribution in [0.5, 0.6) is 0 Å². The second-order valence-corrected chi connectivity index (χ2v) is 4.81. The molecular formula is C11H20ClNO3S. The Morgan fingerprint density at radius 1 is 1.47 bits per heavy atom. The van der Waals surface area contributed by atoms with Gasteiger partial charge in [0.25, 0.3) is 0 Å². The number of hydrogen-bond donors (Lipinski definition) is 1. The van der Waals surface area contributed by atoms with Crippen molar-refractivity contribution in [3.63, 3.8) is 0 Å². The topological polar surface area (TPSA) is 55.4 Å². The van der Waals surface area contributed by atoms with Gasteiger partial charge < -0.3 is 10.1 Å². The van der Waals surface area contributed by atoms with Crippen molar-refractivity contribution in [2.45, 2.75) is 32.2 Å². The molecule has 0 spiro atoms. The smallest absolute Gasteiger partial charge is 0.328 e. The van der Waals surface area contributed by atoms with E-state index in [1.54, 1.807) is 18.7 Å². The van der Waals surface area contributed by atoms with E-state index in [0.29, 0.717) is 31.7 Å². The minimum atomic E-state index is -0.537. The predicted octanol–water partition coefficient (Wildman–Crippen LogP) is 1.81. The average Bonchev–Trinajstić information content (AvgIpc) is 2.32. The molecule has 100 valence electrons. The molecule has 0 radical (unpaired) electrons. The first-order valence-corrected chi connectivity index (χ1v) is 7.59. The molecule has 0 aromatic rings. The van der Waals surface area contributed by atoms with Crippen LogP contribution in [0.15, 0.2) is 0 Å². The van der Waals surface area contributed by atoms with E-state index in [2.05, 4.69) is 5.32 Å². The van der Waals surface area contributed by atoms with Gasteiger partial charge in [-0.05, 0) is 31.8 Å². The highest BCUT2D eigenvalue weighted by molar-refractivity contribution is 7.98. The van der Waals surface area contributed by atoms with Crippen LogP contribution < -0.4 is 5.32 Å². The van der Waals surface area contributed by atoms with Gasteiger partial charge in [0.15, 0.2) is 0 Å². The summed E-state index contributed by atoms with van der Waals surface area (Å²) in [6, 6.07) is -0.537. The molecule has 0 aliphatic heterocycles. The maximum absolute atomic E-state index is 11.6. The lowest BCUT2D eigenvalue weighted by atomic mass is 10.2. The van der Waals surface area contributed by atoms with Crippen molar-refractivity contribution in [1.82, 2.24) is 5.32 Å². The Balaban J connectivity index is 4.16. The molecule has 0 aromatic heterocycles. The van der Waals surface area contributed by atoms with E-state index < -0.39 is 6.04 Å². The Labute approximate surface area is 112 Å². The Hall–Kier alpha value is -0.420. The third kappa shape index (κ3) is 8.32. The Morgan fingerprint density at radius 3 is 2.71 bits per heavy atom. The summed E-state index contributed by atoms with van der Waals surface area (Å²) in [5, 5.41) is 2.69. The van der Waals surface area contributed by atoms with Crippen LogP contribution in [0.2, 0.25) is 0 Å². The first-order chi connectivity index (χ1) is 8.15. The van der Waals surface area contributed by atoms with Gasteiger partial charge in [-0.3, -0.25) is 4.79 Å². The fraction of sp³-hybridized carbons (Fsp3) is 0.818. The van der Waals surface area contributed by atoms with Gasteiger partial charge in [-0.15, -0.1) is 11.6 Å². The molecule has 0 aliphatic rings. The van der Waals surface area contributed by atoms with Crippen LogP contribution >= 0.6 is 23.4 Å². The zero-order valence-electron chi connectivity index (χ0n) is 10.3. The maximum atomic E-state index is 11.6. The van der Waals surface area contributed by atoms with E-state index >= 15 is 0 Å². The summed E-state index contributed by atoms with van der Waals surface area (Å²) in [5.41, 5.74) is 0. The zero-order valence-corrected chi connectivity index (χ0v) is 11.9. The molecule has 0 aromatic carbocycles.